The molecule has 5 heterocycles. The van der Waals surface area contributed by atoms with Crippen LogP contribution in [-0.2, 0) is 0 Å². The highest BCUT2D eigenvalue weighted by Crippen LogP contribution is 2.37. The highest BCUT2D eigenvalue weighted by Gasteiger charge is 2.43. The van der Waals surface area contributed by atoms with Crippen LogP contribution in [0.2, 0.25) is 0 Å². The molecule has 2 atom stereocenters. The predicted molar refractivity (Wildman–Crippen MR) is 163 cm³/mol. The van der Waals surface area contributed by atoms with Crippen molar-refractivity contribution in [2.75, 3.05) is 29.9 Å². The molecule has 3 aromatic heterocycles. The zero-order chi connectivity index (χ0) is 27.2. The molecule has 0 radical (unpaired) electrons. The lowest BCUT2D eigenvalue weighted by molar-refractivity contribution is 0.213. The van der Waals surface area contributed by atoms with Crippen LogP contribution in [0.5, 0.6) is 0 Å². The Morgan fingerprint density at radius 1 is 0.925 bits per heavy atom. The number of aryl methyl sites for hydroxylation is 1. The number of nitrogens with zero attached hydrogens (tertiary/aromatic N) is 6. The Morgan fingerprint density at radius 2 is 1.80 bits per heavy atom. The Bertz CT molecular complexity index is 1660. The number of aromatic nitrogens is 4. The number of likely N-dealkylation sites (tertiary alicyclic amines) is 1. The summed E-state index contributed by atoms with van der Waals surface area (Å²) in [6.07, 6.45) is 8.83. The molecule has 7 nitrogen and oxygen atoms in total. The van der Waals surface area contributed by atoms with Gasteiger partial charge in [-0.05, 0) is 79.4 Å². The third-order valence-corrected chi connectivity index (χ3v) is 8.30. The summed E-state index contributed by atoms with van der Waals surface area (Å²) in [5, 5.41) is 4.60. The van der Waals surface area contributed by atoms with E-state index < -0.39 is 0 Å². The van der Waals surface area contributed by atoms with Crippen molar-refractivity contribution < 1.29 is 0 Å². The van der Waals surface area contributed by atoms with Crippen molar-refractivity contribution in [2.24, 2.45) is 5.92 Å². The van der Waals surface area contributed by atoms with Gasteiger partial charge in [0.1, 0.15) is 0 Å². The van der Waals surface area contributed by atoms with E-state index in [1.165, 1.54) is 30.8 Å². The Kier molecular flexibility index (Phi) is 6.24. The zero-order valence-electron chi connectivity index (χ0n) is 23.3. The summed E-state index contributed by atoms with van der Waals surface area (Å²) in [5.74, 6) is 1.33. The lowest BCUT2D eigenvalue weighted by Gasteiger charge is -2.37. The number of nitrogens with one attached hydrogen (secondary N) is 1. The lowest BCUT2D eigenvalue weighted by Crippen LogP contribution is -2.47. The first-order valence-corrected chi connectivity index (χ1v) is 14.2. The first-order valence-electron chi connectivity index (χ1n) is 14.2. The maximum atomic E-state index is 4.85. The summed E-state index contributed by atoms with van der Waals surface area (Å²) in [6.45, 7) is 10.4. The zero-order valence-corrected chi connectivity index (χ0v) is 23.3. The second-order valence-electron chi connectivity index (χ2n) is 11.6. The molecule has 2 aliphatic heterocycles. The van der Waals surface area contributed by atoms with E-state index in [9.17, 15) is 0 Å². The largest absolute Gasteiger partial charge is 0.365 e. The molecule has 40 heavy (non-hydrogen) atoms. The molecule has 2 fully saturated rings. The first kappa shape index (κ1) is 24.8. The van der Waals surface area contributed by atoms with E-state index in [4.69, 9.17) is 4.98 Å². The Hall–Kier alpha value is -4.23. The number of hydrogen-bond acceptors (Lipinski definition) is 6. The van der Waals surface area contributed by atoms with Gasteiger partial charge in [0.2, 0.25) is 5.95 Å². The van der Waals surface area contributed by atoms with E-state index in [1.54, 1.807) is 0 Å². The van der Waals surface area contributed by atoms with Gasteiger partial charge < -0.3 is 14.8 Å². The molecule has 0 amide bonds. The van der Waals surface area contributed by atoms with Crippen molar-refractivity contribution >= 4 is 28.2 Å². The average molecular weight is 530 g/mol. The van der Waals surface area contributed by atoms with Crippen molar-refractivity contribution in [1.82, 2.24) is 24.4 Å². The fourth-order valence-electron chi connectivity index (χ4n) is 6.53. The van der Waals surface area contributed by atoms with Crippen molar-refractivity contribution in [3.63, 3.8) is 0 Å². The van der Waals surface area contributed by atoms with Gasteiger partial charge in [-0.2, -0.15) is 0 Å². The molecular formula is C33H35N7. The molecule has 2 aliphatic rings. The minimum absolute atomic E-state index is 0.601. The van der Waals surface area contributed by atoms with Crippen LogP contribution in [0.25, 0.3) is 27.8 Å². The van der Waals surface area contributed by atoms with Crippen LogP contribution in [0, 0.1) is 12.8 Å². The number of benzene rings is 2. The van der Waals surface area contributed by atoms with E-state index >= 15 is 0 Å². The van der Waals surface area contributed by atoms with Crippen LogP contribution in [0.15, 0.2) is 85.5 Å². The molecular weight excluding hydrogens is 494 g/mol. The highest BCUT2D eigenvalue weighted by molar-refractivity contribution is 5.86. The van der Waals surface area contributed by atoms with Gasteiger partial charge in [-0.25, -0.2) is 9.97 Å². The predicted octanol–water partition coefficient (Wildman–Crippen LogP) is 6.45. The van der Waals surface area contributed by atoms with Gasteiger partial charge in [0.25, 0.3) is 0 Å². The summed E-state index contributed by atoms with van der Waals surface area (Å²) in [7, 11) is 0. The van der Waals surface area contributed by atoms with Gasteiger partial charge >= 0.3 is 0 Å². The molecule has 0 spiro atoms. The third kappa shape index (κ3) is 4.60. The van der Waals surface area contributed by atoms with Crippen molar-refractivity contribution in [3.05, 3.63) is 91.0 Å². The van der Waals surface area contributed by atoms with E-state index in [0.717, 1.165) is 46.0 Å². The summed E-state index contributed by atoms with van der Waals surface area (Å²) in [4.78, 5) is 18.8. The standard InChI is InChI=1S/C33H35N7/c1-22(2)19-38-20-29-18-28(38)21-40(29)31-7-5-26(16-23(31)3)36-33-35-14-10-30(37-33)24-4-6-32-25(17-24)11-15-39(32)27-8-12-34-13-9-27/h4-17,22,28-29H,18-21H2,1-3H3,(H,35,36,37). The molecule has 7 rings (SSSR count). The third-order valence-electron chi connectivity index (χ3n) is 8.30. The number of fused-ring (bicyclic) bond motifs is 3. The SMILES string of the molecule is Cc1cc(Nc2nccc(-c3ccc4c(ccn4-c4ccncc4)c3)n2)ccc1N1CC2CC1CN2CC(C)C. The Labute approximate surface area is 235 Å². The molecule has 7 heteroatoms. The number of rotatable bonds is 7. The van der Waals surface area contributed by atoms with Crippen LogP contribution in [0.1, 0.15) is 25.8 Å². The smallest absolute Gasteiger partial charge is 0.227 e. The van der Waals surface area contributed by atoms with Gasteiger partial charge in [-0.15, -0.1) is 0 Å². The number of hydrogen-bond donors (Lipinski definition) is 1. The van der Waals surface area contributed by atoms with Gasteiger partial charge in [-0.3, -0.25) is 9.88 Å². The second-order valence-corrected chi connectivity index (χ2v) is 11.6. The summed E-state index contributed by atoms with van der Waals surface area (Å²) < 4.78 is 2.18. The lowest BCUT2D eigenvalue weighted by atomic mass is 10.1. The van der Waals surface area contributed by atoms with Crippen molar-refractivity contribution in [3.8, 4) is 16.9 Å². The molecule has 2 unspecified atom stereocenters. The molecule has 5 aromatic rings. The van der Waals surface area contributed by atoms with E-state index in [0.29, 0.717) is 18.0 Å². The minimum atomic E-state index is 0.601. The van der Waals surface area contributed by atoms with Crippen molar-refractivity contribution in [1.29, 1.82) is 0 Å². The van der Waals surface area contributed by atoms with Gasteiger partial charge in [0, 0.05) is 84.5 Å². The van der Waals surface area contributed by atoms with Crippen LogP contribution >= 0.6 is 0 Å². The normalized spacial score (nSPS) is 18.8. The highest BCUT2D eigenvalue weighted by atomic mass is 15.4. The van der Waals surface area contributed by atoms with Gasteiger partial charge in [0.05, 0.1) is 11.2 Å². The molecule has 2 aromatic carbocycles. The average Bonchev–Trinajstić information content (AvgIpc) is 3.67. The number of pyridine rings is 1. The van der Waals surface area contributed by atoms with Crippen LogP contribution < -0.4 is 10.2 Å². The van der Waals surface area contributed by atoms with Crippen LogP contribution in [0.4, 0.5) is 17.3 Å². The molecule has 0 saturated carbocycles. The molecule has 0 aliphatic carbocycles. The van der Waals surface area contributed by atoms with Gasteiger partial charge in [-0.1, -0.05) is 19.9 Å². The summed E-state index contributed by atoms with van der Waals surface area (Å²) in [6, 6.07) is 22.5. The molecule has 2 saturated heterocycles. The Morgan fingerprint density at radius 3 is 2.58 bits per heavy atom. The fraction of sp³-hybridized carbons (Fsp3) is 0.303. The van der Waals surface area contributed by atoms with Crippen molar-refractivity contribution in [2.45, 2.75) is 39.3 Å². The Balaban J connectivity index is 1.07. The minimum Gasteiger partial charge on any atom is -0.365 e. The van der Waals surface area contributed by atoms with Gasteiger partial charge in [0.15, 0.2) is 0 Å². The molecule has 202 valence electrons. The molecule has 2 bridgehead atoms. The topological polar surface area (TPSA) is 62.1 Å². The molecule has 1 N–H and O–H groups in total. The fourth-order valence-corrected chi connectivity index (χ4v) is 6.53. The number of piperazine rings is 1. The maximum Gasteiger partial charge on any atom is 0.227 e. The van der Waals surface area contributed by atoms with E-state index in [2.05, 4.69) is 99.1 Å². The summed E-state index contributed by atoms with van der Waals surface area (Å²) >= 11 is 0. The van der Waals surface area contributed by atoms with Crippen LogP contribution in [0.3, 0.4) is 0 Å². The van der Waals surface area contributed by atoms with E-state index in [1.807, 2.05) is 36.8 Å². The summed E-state index contributed by atoms with van der Waals surface area (Å²) in [5.41, 5.74) is 7.84. The first-order chi connectivity index (χ1) is 19.5. The second kappa shape index (κ2) is 10.1. The van der Waals surface area contributed by atoms with E-state index in [-0.39, 0.29) is 0 Å². The van der Waals surface area contributed by atoms with Crippen LogP contribution in [-0.4, -0.2) is 56.1 Å². The monoisotopic (exact) mass is 529 g/mol. The number of anilines is 3. The quantitative estimate of drug-likeness (QED) is 0.261. The maximum absolute atomic E-state index is 4.85.